The minimum absolute atomic E-state index is 0.243. The van der Waals surface area contributed by atoms with E-state index in [1.807, 2.05) is 51.1 Å². The number of ether oxygens (including phenoxy) is 1. The second-order valence-electron chi connectivity index (χ2n) is 4.85. The predicted octanol–water partition coefficient (Wildman–Crippen LogP) is 3.01. The van der Waals surface area contributed by atoms with E-state index in [1.165, 1.54) is 0 Å². The van der Waals surface area contributed by atoms with Crippen molar-refractivity contribution in [3.05, 3.63) is 35.9 Å². The Morgan fingerprint density at radius 2 is 1.94 bits per heavy atom. The molecule has 0 fully saturated rings. The molecule has 0 aliphatic heterocycles. The van der Waals surface area contributed by atoms with Gasteiger partial charge >= 0.3 is 6.09 Å². The smallest absolute Gasteiger partial charge is 0.408 e. The van der Waals surface area contributed by atoms with Gasteiger partial charge in [-0.25, -0.2) is 4.79 Å². The summed E-state index contributed by atoms with van der Waals surface area (Å²) in [5.41, 5.74) is 0.646. The molecule has 4 heteroatoms. The fraction of sp³-hybridized carbons (Fsp3) is 0.462. The molecule has 1 aromatic carbocycles. The Kier molecular flexibility index (Phi) is 4.87. The first kappa shape index (κ1) is 13.9. The minimum atomic E-state index is -0.482. The van der Waals surface area contributed by atoms with Crippen LogP contribution in [0.4, 0.5) is 4.79 Å². The van der Waals surface area contributed by atoms with E-state index < -0.39 is 11.7 Å². The summed E-state index contributed by atoms with van der Waals surface area (Å²) in [4.78, 5) is 11.5. The van der Waals surface area contributed by atoms with Gasteiger partial charge in [0.1, 0.15) is 5.60 Å². The van der Waals surface area contributed by atoms with Crippen molar-refractivity contribution in [3.63, 3.8) is 0 Å². The van der Waals surface area contributed by atoms with Crippen LogP contribution in [-0.2, 0) is 11.2 Å². The van der Waals surface area contributed by atoms with Gasteiger partial charge in [0, 0.05) is 6.42 Å². The zero-order valence-corrected chi connectivity index (χ0v) is 11.3. The molecule has 0 radical (unpaired) electrons. The van der Waals surface area contributed by atoms with Crippen LogP contribution in [0, 0.1) is 0 Å². The van der Waals surface area contributed by atoms with Crippen LogP contribution < -0.4 is 5.32 Å². The Hall–Kier alpha value is -1.16. The fourth-order valence-electron chi connectivity index (χ4n) is 1.33. The van der Waals surface area contributed by atoms with Crippen molar-refractivity contribution in [2.45, 2.75) is 38.2 Å². The van der Waals surface area contributed by atoms with Crippen LogP contribution in [0.3, 0.4) is 0 Å². The zero-order chi connectivity index (χ0) is 12.9. The second kappa shape index (κ2) is 5.96. The van der Waals surface area contributed by atoms with Crippen LogP contribution in [0.1, 0.15) is 26.3 Å². The molecule has 0 spiro atoms. The monoisotopic (exact) mass is 253 g/mol. The van der Waals surface area contributed by atoms with Gasteiger partial charge in [0.2, 0.25) is 0 Å². The van der Waals surface area contributed by atoms with Crippen molar-refractivity contribution >= 4 is 18.7 Å². The van der Waals surface area contributed by atoms with Crippen molar-refractivity contribution in [2.24, 2.45) is 0 Å². The molecule has 1 aromatic rings. The lowest BCUT2D eigenvalue weighted by atomic mass is 10.1. The minimum Gasteiger partial charge on any atom is -0.444 e. The highest BCUT2D eigenvalue weighted by Crippen LogP contribution is 2.09. The predicted molar refractivity (Wildman–Crippen MR) is 72.3 cm³/mol. The molecule has 1 amide bonds. The molecule has 94 valence electrons. The van der Waals surface area contributed by atoms with Gasteiger partial charge in [-0.2, -0.15) is 12.6 Å². The van der Waals surface area contributed by atoms with E-state index in [9.17, 15) is 4.79 Å². The van der Waals surface area contributed by atoms with Crippen LogP contribution in [0.5, 0.6) is 0 Å². The number of rotatable bonds is 3. The first-order chi connectivity index (χ1) is 7.87. The summed E-state index contributed by atoms with van der Waals surface area (Å²) < 4.78 is 5.15. The van der Waals surface area contributed by atoms with E-state index in [0.717, 1.165) is 5.56 Å². The summed E-state index contributed by atoms with van der Waals surface area (Å²) >= 11 is 4.32. The highest BCUT2D eigenvalue weighted by molar-refractivity contribution is 7.80. The maximum Gasteiger partial charge on any atom is 0.408 e. The van der Waals surface area contributed by atoms with Crippen molar-refractivity contribution in [1.82, 2.24) is 5.32 Å². The van der Waals surface area contributed by atoms with E-state index in [2.05, 4.69) is 17.9 Å². The van der Waals surface area contributed by atoms with Gasteiger partial charge in [0.25, 0.3) is 0 Å². The van der Waals surface area contributed by atoms with E-state index in [-0.39, 0.29) is 5.37 Å². The van der Waals surface area contributed by atoms with E-state index in [4.69, 9.17) is 4.74 Å². The van der Waals surface area contributed by atoms with E-state index >= 15 is 0 Å². The number of alkyl carbamates (subject to hydrolysis) is 1. The third kappa shape index (κ3) is 6.22. The molecular weight excluding hydrogens is 234 g/mol. The number of carbonyl (C=O) groups excluding carboxylic acids is 1. The number of amides is 1. The first-order valence-electron chi connectivity index (χ1n) is 5.58. The molecule has 0 aromatic heterocycles. The Balaban J connectivity index is 2.40. The summed E-state index contributed by atoms with van der Waals surface area (Å²) in [6.07, 6.45) is 0.233. The maximum absolute atomic E-state index is 11.5. The number of benzene rings is 1. The number of nitrogens with one attached hydrogen (secondary N) is 1. The van der Waals surface area contributed by atoms with Gasteiger partial charge in [0.05, 0.1) is 5.37 Å². The average Bonchev–Trinajstić information content (AvgIpc) is 2.15. The topological polar surface area (TPSA) is 38.3 Å². The van der Waals surface area contributed by atoms with Gasteiger partial charge in [-0.05, 0) is 26.3 Å². The van der Waals surface area contributed by atoms with Gasteiger partial charge in [-0.15, -0.1) is 0 Å². The molecule has 0 saturated carbocycles. The maximum atomic E-state index is 11.5. The number of carbonyl (C=O) groups is 1. The fourth-order valence-corrected chi connectivity index (χ4v) is 1.65. The molecule has 0 saturated heterocycles. The molecular formula is C13H19NO2S. The van der Waals surface area contributed by atoms with Crippen LogP contribution in [-0.4, -0.2) is 17.1 Å². The molecule has 0 aliphatic carbocycles. The third-order valence-corrected chi connectivity index (χ3v) is 2.27. The van der Waals surface area contributed by atoms with Gasteiger partial charge in [0.15, 0.2) is 0 Å². The summed E-state index contributed by atoms with van der Waals surface area (Å²) in [5, 5.41) is 2.44. The van der Waals surface area contributed by atoms with E-state index in [0.29, 0.717) is 6.42 Å². The highest BCUT2D eigenvalue weighted by Gasteiger charge is 2.17. The molecule has 1 N–H and O–H groups in total. The molecule has 3 nitrogen and oxygen atoms in total. The molecule has 1 rings (SSSR count). The van der Waals surface area contributed by atoms with Crippen LogP contribution in [0.15, 0.2) is 30.3 Å². The van der Waals surface area contributed by atoms with Crippen LogP contribution >= 0.6 is 12.6 Å². The zero-order valence-electron chi connectivity index (χ0n) is 10.4. The van der Waals surface area contributed by atoms with Gasteiger partial charge in [-0.1, -0.05) is 30.3 Å². The molecule has 1 atom stereocenters. The quantitative estimate of drug-likeness (QED) is 0.642. The van der Waals surface area contributed by atoms with Crippen LogP contribution in [0.2, 0.25) is 0 Å². The summed E-state index contributed by atoms with van der Waals surface area (Å²) in [6, 6.07) is 9.88. The summed E-state index contributed by atoms with van der Waals surface area (Å²) in [7, 11) is 0. The number of thiol groups is 1. The Morgan fingerprint density at radius 1 is 1.35 bits per heavy atom. The normalized spacial score (nSPS) is 12.9. The molecule has 0 bridgehead atoms. The summed E-state index contributed by atoms with van der Waals surface area (Å²) in [6.45, 7) is 5.49. The number of hydrogen-bond donors (Lipinski definition) is 2. The van der Waals surface area contributed by atoms with Crippen molar-refractivity contribution in [2.75, 3.05) is 0 Å². The SMILES string of the molecule is CC(C)(C)OC(=O)NC(S)Cc1ccccc1. The molecule has 0 heterocycles. The summed E-state index contributed by atoms with van der Waals surface area (Å²) in [5.74, 6) is 0. The largest absolute Gasteiger partial charge is 0.444 e. The van der Waals surface area contributed by atoms with Gasteiger partial charge in [-0.3, -0.25) is 0 Å². The third-order valence-electron chi connectivity index (χ3n) is 1.96. The molecule has 0 aliphatic rings. The van der Waals surface area contributed by atoms with Crippen molar-refractivity contribution in [1.29, 1.82) is 0 Å². The molecule has 1 unspecified atom stereocenters. The Labute approximate surface area is 108 Å². The Morgan fingerprint density at radius 3 is 2.47 bits per heavy atom. The van der Waals surface area contributed by atoms with Crippen molar-refractivity contribution in [3.8, 4) is 0 Å². The second-order valence-corrected chi connectivity index (χ2v) is 5.48. The van der Waals surface area contributed by atoms with E-state index in [1.54, 1.807) is 0 Å². The lowest BCUT2D eigenvalue weighted by Gasteiger charge is -2.21. The van der Waals surface area contributed by atoms with Gasteiger partial charge < -0.3 is 10.1 Å². The molecule has 17 heavy (non-hydrogen) atoms. The lowest BCUT2D eigenvalue weighted by molar-refractivity contribution is 0.0522. The average molecular weight is 253 g/mol. The van der Waals surface area contributed by atoms with Crippen molar-refractivity contribution < 1.29 is 9.53 Å². The van der Waals surface area contributed by atoms with Crippen LogP contribution in [0.25, 0.3) is 0 Å². The standard InChI is InChI=1S/C13H19NO2S/c1-13(2,3)16-12(15)14-11(17)9-10-7-5-4-6-8-10/h4-8,11,17H,9H2,1-3H3,(H,14,15). The Bertz CT molecular complexity index is 359. The number of hydrogen-bond acceptors (Lipinski definition) is 3. The highest BCUT2D eigenvalue weighted by atomic mass is 32.1. The first-order valence-corrected chi connectivity index (χ1v) is 6.10. The lowest BCUT2D eigenvalue weighted by Crippen LogP contribution is -2.37.